The fourth-order valence-electron chi connectivity index (χ4n) is 6.47. The number of hydrogen-bond acceptors (Lipinski definition) is 5. The number of likely N-dealkylation sites (N-methyl/N-ethyl adjacent to an activating group) is 1. The van der Waals surface area contributed by atoms with E-state index in [0.29, 0.717) is 37.0 Å². The first kappa shape index (κ1) is 30.8. The van der Waals surface area contributed by atoms with Gasteiger partial charge in [-0.3, -0.25) is 19.3 Å². The highest BCUT2D eigenvalue weighted by atomic mass is 35.5. The van der Waals surface area contributed by atoms with Gasteiger partial charge in [-0.15, -0.1) is 0 Å². The molecule has 4 rings (SSSR count). The summed E-state index contributed by atoms with van der Waals surface area (Å²) in [6.45, 7) is 9.19. The lowest BCUT2D eigenvalue weighted by Crippen LogP contribution is -2.64. The van der Waals surface area contributed by atoms with Crippen LogP contribution < -0.4 is 16.0 Å². The molecule has 3 aliphatic rings. The molecule has 8 nitrogen and oxygen atoms in total. The van der Waals surface area contributed by atoms with E-state index < -0.39 is 11.5 Å². The maximum atomic E-state index is 14.0. The Hall–Kier alpha value is -2.16. The van der Waals surface area contributed by atoms with E-state index in [4.69, 9.17) is 11.6 Å². The van der Waals surface area contributed by atoms with Gasteiger partial charge in [0.1, 0.15) is 12.1 Å². The molecule has 2 atom stereocenters. The van der Waals surface area contributed by atoms with Crippen LogP contribution in [0.2, 0.25) is 5.02 Å². The Labute approximate surface area is 244 Å². The van der Waals surface area contributed by atoms with Crippen LogP contribution in [-0.4, -0.2) is 84.9 Å². The molecule has 1 aliphatic carbocycles. The molecule has 0 spiro atoms. The van der Waals surface area contributed by atoms with Gasteiger partial charge in [-0.1, -0.05) is 63.8 Å². The van der Waals surface area contributed by atoms with Crippen LogP contribution in [0.25, 0.3) is 0 Å². The Morgan fingerprint density at radius 1 is 1.05 bits per heavy atom. The zero-order valence-corrected chi connectivity index (χ0v) is 25.5. The number of hydrogen-bond donors (Lipinski definition) is 3. The Kier molecular flexibility index (Phi) is 10.2. The predicted octanol–water partition coefficient (Wildman–Crippen LogP) is 3.37. The van der Waals surface area contributed by atoms with E-state index in [9.17, 15) is 14.4 Å². The second-order valence-electron chi connectivity index (χ2n) is 13.1. The van der Waals surface area contributed by atoms with Crippen LogP contribution in [-0.2, 0) is 20.8 Å². The molecule has 2 aliphatic heterocycles. The summed E-state index contributed by atoms with van der Waals surface area (Å²) in [7, 11) is 1.95. The lowest BCUT2D eigenvalue weighted by atomic mass is 9.69. The molecule has 3 fully saturated rings. The molecule has 9 heteroatoms. The lowest BCUT2D eigenvalue weighted by Gasteiger charge is -2.49. The Bertz CT molecular complexity index is 1030. The molecule has 1 aromatic carbocycles. The van der Waals surface area contributed by atoms with Crippen molar-refractivity contribution < 1.29 is 14.4 Å². The zero-order valence-electron chi connectivity index (χ0n) is 24.7. The van der Waals surface area contributed by atoms with Gasteiger partial charge in [0.2, 0.25) is 17.7 Å². The van der Waals surface area contributed by atoms with Gasteiger partial charge in [0.15, 0.2) is 0 Å². The third-order valence-corrected chi connectivity index (χ3v) is 9.43. The highest BCUT2D eigenvalue weighted by Crippen LogP contribution is 2.40. The average Bonchev–Trinajstić information content (AvgIpc) is 2.94. The third kappa shape index (κ3) is 7.56. The number of nitrogens with one attached hydrogen (secondary N) is 3. The summed E-state index contributed by atoms with van der Waals surface area (Å²) < 4.78 is 0. The standard InChI is InChI=1S/C31H48ClN5O3/c1-30(2,3)29(40)35-31(23-8-6-5-7-9-23)14-17-37(18-15-31)28(39)25(20-22-10-12-24(32)13-11-22)34-27(38)26-21-33-16-19-36(26)4/h10-13,23,25-26,33H,5-9,14-21H2,1-4H3,(H,34,38)(H,35,40)/t25-,26+/m1/s1. The van der Waals surface area contributed by atoms with Crippen LogP contribution in [0, 0.1) is 11.3 Å². The molecular formula is C31H48ClN5O3. The molecule has 40 heavy (non-hydrogen) atoms. The van der Waals surface area contributed by atoms with Gasteiger partial charge < -0.3 is 20.9 Å². The second kappa shape index (κ2) is 13.2. The fourth-order valence-corrected chi connectivity index (χ4v) is 6.60. The van der Waals surface area contributed by atoms with E-state index in [1.807, 2.05) is 61.9 Å². The summed E-state index contributed by atoms with van der Waals surface area (Å²) in [4.78, 5) is 44.5. The number of piperidine rings is 1. The number of nitrogens with zero attached hydrogens (tertiary/aromatic N) is 2. The average molecular weight is 574 g/mol. The van der Waals surface area contributed by atoms with Crippen molar-refractivity contribution in [2.24, 2.45) is 11.3 Å². The summed E-state index contributed by atoms with van der Waals surface area (Å²) in [6, 6.07) is 6.47. The van der Waals surface area contributed by atoms with E-state index in [1.54, 1.807) is 0 Å². The summed E-state index contributed by atoms with van der Waals surface area (Å²) >= 11 is 6.10. The Balaban J connectivity index is 1.50. The van der Waals surface area contributed by atoms with Crippen molar-refractivity contribution in [3.8, 4) is 0 Å². The maximum absolute atomic E-state index is 14.0. The molecule has 0 aromatic heterocycles. The van der Waals surface area contributed by atoms with Crippen molar-refractivity contribution in [2.45, 2.75) is 89.8 Å². The minimum atomic E-state index is -0.671. The first-order chi connectivity index (χ1) is 19.0. The van der Waals surface area contributed by atoms with Gasteiger partial charge in [0.25, 0.3) is 0 Å². The van der Waals surface area contributed by atoms with Crippen LogP contribution in [0.4, 0.5) is 0 Å². The van der Waals surface area contributed by atoms with Crippen molar-refractivity contribution in [1.82, 2.24) is 25.8 Å². The van der Waals surface area contributed by atoms with Gasteiger partial charge in [-0.05, 0) is 56.3 Å². The van der Waals surface area contributed by atoms with Crippen molar-refractivity contribution in [2.75, 3.05) is 39.8 Å². The maximum Gasteiger partial charge on any atom is 0.245 e. The Morgan fingerprint density at radius 3 is 2.30 bits per heavy atom. The van der Waals surface area contributed by atoms with Crippen LogP contribution in [0.5, 0.6) is 0 Å². The van der Waals surface area contributed by atoms with Crippen molar-refractivity contribution in [3.05, 3.63) is 34.9 Å². The molecular weight excluding hydrogens is 526 g/mol. The molecule has 3 N–H and O–H groups in total. The second-order valence-corrected chi connectivity index (χ2v) is 13.5. The highest BCUT2D eigenvalue weighted by Gasteiger charge is 2.45. The number of carbonyl (C=O) groups is 3. The largest absolute Gasteiger partial charge is 0.350 e. The van der Waals surface area contributed by atoms with Gasteiger partial charge in [0, 0.05) is 55.1 Å². The van der Waals surface area contributed by atoms with E-state index >= 15 is 0 Å². The third-order valence-electron chi connectivity index (χ3n) is 9.18. The SMILES string of the molecule is CN1CCNC[C@H]1C(=O)N[C@H](Cc1ccc(Cl)cc1)C(=O)N1CCC(NC(=O)C(C)(C)C)(C2CCCCC2)CC1. The lowest BCUT2D eigenvalue weighted by molar-refractivity contribution is -0.140. The van der Waals surface area contributed by atoms with E-state index in [1.165, 1.54) is 19.3 Å². The number of amides is 3. The molecule has 3 amide bonds. The van der Waals surface area contributed by atoms with E-state index in [2.05, 4.69) is 16.0 Å². The number of benzene rings is 1. The molecule has 0 bridgehead atoms. The molecule has 1 aromatic rings. The van der Waals surface area contributed by atoms with E-state index in [-0.39, 0.29) is 29.3 Å². The molecule has 2 saturated heterocycles. The smallest absolute Gasteiger partial charge is 0.245 e. The Morgan fingerprint density at radius 2 is 1.70 bits per heavy atom. The van der Waals surface area contributed by atoms with Crippen molar-refractivity contribution >= 4 is 29.3 Å². The monoisotopic (exact) mass is 573 g/mol. The number of carbonyl (C=O) groups excluding carboxylic acids is 3. The van der Waals surface area contributed by atoms with Gasteiger partial charge in [0.05, 0.1) is 0 Å². The van der Waals surface area contributed by atoms with Crippen LogP contribution in [0.15, 0.2) is 24.3 Å². The number of piperazine rings is 1. The van der Waals surface area contributed by atoms with E-state index in [0.717, 1.165) is 44.3 Å². The minimum absolute atomic E-state index is 0.0610. The predicted molar refractivity (Wildman–Crippen MR) is 159 cm³/mol. The normalized spacial score (nSPS) is 23.3. The first-order valence-electron chi connectivity index (χ1n) is 15.1. The summed E-state index contributed by atoms with van der Waals surface area (Å²) in [5.74, 6) is 0.321. The van der Waals surface area contributed by atoms with Crippen LogP contribution in [0.3, 0.4) is 0 Å². The van der Waals surface area contributed by atoms with Gasteiger partial charge in [-0.25, -0.2) is 0 Å². The highest BCUT2D eigenvalue weighted by molar-refractivity contribution is 6.30. The van der Waals surface area contributed by atoms with Crippen LogP contribution >= 0.6 is 11.6 Å². The molecule has 2 heterocycles. The number of rotatable bonds is 7. The molecule has 222 valence electrons. The fraction of sp³-hybridized carbons (Fsp3) is 0.710. The summed E-state index contributed by atoms with van der Waals surface area (Å²) in [5, 5.41) is 10.5. The quantitative estimate of drug-likeness (QED) is 0.465. The van der Waals surface area contributed by atoms with Crippen LogP contribution in [0.1, 0.15) is 71.3 Å². The van der Waals surface area contributed by atoms with Crippen molar-refractivity contribution in [1.29, 1.82) is 0 Å². The minimum Gasteiger partial charge on any atom is -0.350 e. The number of likely N-dealkylation sites (tertiary alicyclic amines) is 1. The number of halogens is 1. The molecule has 1 saturated carbocycles. The van der Waals surface area contributed by atoms with Gasteiger partial charge >= 0.3 is 0 Å². The van der Waals surface area contributed by atoms with Gasteiger partial charge in [-0.2, -0.15) is 0 Å². The summed E-state index contributed by atoms with van der Waals surface area (Å²) in [5.41, 5.74) is 0.195. The first-order valence-corrected chi connectivity index (χ1v) is 15.4. The van der Waals surface area contributed by atoms with Crippen molar-refractivity contribution in [3.63, 3.8) is 0 Å². The molecule has 0 radical (unpaired) electrons. The molecule has 0 unspecified atom stereocenters. The zero-order chi connectivity index (χ0) is 28.9. The topological polar surface area (TPSA) is 93.8 Å². The summed E-state index contributed by atoms with van der Waals surface area (Å²) in [6.07, 6.45) is 7.76.